The van der Waals surface area contributed by atoms with Crippen molar-refractivity contribution in [2.24, 2.45) is 5.14 Å². The number of aromatic nitrogens is 2. The van der Waals surface area contributed by atoms with Crippen molar-refractivity contribution >= 4 is 56.7 Å². The van der Waals surface area contributed by atoms with Crippen LogP contribution < -0.4 is 10.5 Å². The summed E-state index contributed by atoms with van der Waals surface area (Å²) >= 11 is 18.6. The van der Waals surface area contributed by atoms with Gasteiger partial charge in [0.25, 0.3) is 5.91 Å². The summed E-state index contributed by atoms with van der Waals surface area (Å²) in [5.41, 5.74) is 1.91. The second-order valence-corrected chi connectivity index (χ2v) is 11.0. The van der Waals surface area contributed by atoms with Crippen molar-refractivity contribution in [3.05, 3.63) is 98.6 Å². The minimum Gasteiger partial charge on any atom is -0.481 e. The Morgan fingerprint density at radius 3 is 2.16 bits per heavy atom. The summed E-state index contributed by atoms with van der Waals surface area (Å²) in [5.74, 6) is -1.81. The van der Waals surface area contributed by atoms with Crippen LogP contribution in [0.3, 0.4) is 0 Å². The second-order valence-electron chi connectivity index (χ2n) is 8.13. The lowest BCUT2D eigenvalue weighted by Gasteiger charge is -2.11. The minimum atomic E-state index is -3.86. The highest BCUT2D eigenvalue weighted by molar-refractivity contribution is 7.89. The summed E-state index contributed by atoms with van der Waals surface area (Å²) in [4.78, 5) is 25.1. The molecule has 1 heterocycles. The number of nitrogens with two attached hydrogens (primary N) is 1. The van der Waals surface area contributed by atoms with E-state index in [4.69, 9.17) is 39.9 Å². The number of hydrogen-bond acceptors (Lipinski definition) is 5. The Morgan fingerprint density at radius 2 is 1.58 bits per heavy atom. The van der Waals surface area contributed by atoms with E-state index in [1.165, 1.54) is 35.0 Å². The fraction of sp³-hybridized carbons (Fsp3) is 0.0800. The van der Waals surface area contributed by atoms with Gasteiger partial charge in [0.2, 0.25) is 10.0 Å². The van der Waals surface area contributed by atoms with Crippen molar-refractivity contribution in [2.75, 3.05) is 0 Å². The van der Waals surface area contributed by atoms with Gasteiger partial charge in [-0.3, -0.25) is 9.59 Å². The first-order valence-corrected chi connectivity index (χ1v) is 13.6. The molecule has 0 bridgehead atoms. The number of carbonyl (C=O) groups excluding carboxylic acids is 1. The molecular formula is C25H19Cl3N4O5S. The minimum absolute atomic E-state index is 0.0150. The summed E-state index contributed by atoms with van der Waals surface area (Å²) in [7, 11) is -3.86. The second kappa shape index (κ2) is 11.1. The molecule has 0 saturated carbocycles. The van der Waals surface area contributed by atoms with Gasteiger partial charge in [-0.2, -0.15) is 5.10 Å². The van der Waals surface area contributed by atoms with E-state index in [1.807, 2.05) is 0 Å². The first-order chi connectivity index (χ1) is 17.9. The predicted octanol–water partition coefficient (Wildman–Crippen LogP) is 4.70. The number of nitrogens with one attached hydrogen (secondary N) is 1. The van der Waals surface area contributed by atoms with Crippen LogP contribution >= 0.6 is 34.8 Å². The number of benzene rings is 3. The van der Waals surface area contributed by atoms with Crippen LogP contribution in [-0.2, 0) is 27.8 Å². The Kier molecular flexibility index (Phi) is 8.10. The summed E-state index contributed by atoms with van der Waals surface area (Å²) < 4.78 is 24.4. The lowest BCUT2D eigenvalue weighted by atomic mass is 10.0. The van der Waals surface area contributed by atoms with Crippen molar-refractivity contribution in [1.29, 1.82) is 0 Å². The number of carboxylic acid groups (broad SMARTS) is 1. The zero-order valence-corrected chi connectivity index (χ0v) is 22.4. The van der Waals surface area contributed by atoms with Crippen LogP contribution in [0.2, 0.25) is 15.1 Å². The average Bonchev–Trinajstić information content (AvgIpc) is 3.21. The van der Waals surface area contributed by atoms with E-state index >= 15 is 0 Å². The molecular weight excluding hydrogens is 575 g/mol. The number of nitrogens with zero attached hydrogens (tertiary/aromatic N) is 2. The van der Waals surface area contributed by atoms with Crippen LogP contribution in [0, 0.1) is 0 Å². The number of aliphatic carboxylic acids is 1. The molecule has 0 unspecified atom stereocenters. The Bertz CT molecular complexity index is 1640. The van der Waals surface area contributed by atoms with E-state index in [0.717, 1.165) is 0 Å². The quantitative estimate of drug-likeness (QED) is 0.270. The number of halogens is 3. The fourth-order valence-electron chi connectivity index (χ4n) is 3.75. The summed E-state index contributed by atoms with van der Waals surface area (Å²) in [6, 6.07) is 17.0. The van der Waals surface area contributed by atoms with Crippen molar-refractivity contribution in [3.63, 3.8) is 0 Å². The third kappa shape index (κ3) is 6.17. The third-order valence-corrected chi connectivity index (χ3v) is 7.21. The van der Waals surface area contributed by atoms with Crippen LogP contribution in [0.5, 0.6) is 0 Å². The van der Waals surface area contributed by atoms with Gasteiger partial charge in [0, 0.05) is 27.7 Å². The van der Waals surface area contributed by atoms with Gasteiger partial charge in [-0.05, 0) is 48.0 Å². The molecule has 1 aromatic heterocycles. The lowest BCUT2D eigenvalue weighted by molar-refractivity contribution is -0.136. The van der Waals surface area contributed by atoms with E-state index in [2.05, 4.69) is 10.4 Å². The third-order valence-electron chi connectivity index (χ3n) is 5.49. The van der Waals surface area contributed by atoms with Crippen LogP contribution in [-0.4, -0.2) is 35.2 Å². The standard InChI is InChI=1S/C25H19Cl3N4O5S/c26-16-5-3-15(4-6-16)24-19(12-22(33)34)23(31-32(24)21-10-7-17(27)11-20(21)28)25(35)30-13-14-1-8-18(9-2-14)38(29,36)37/h1-11H,12-13H2,(H,30,35)(H,33,34)(H2,29,36,37). The van der Waals surface area contributed by atoms with Gasteiger partial charge in [0.05, 0.1) is 27.7 Å². The van der Waals surface area contributed by atoms with Gasteiger partial charge >= 0.3 is 5.97 Å². The number of carboxylic acids is 1. The lowest BCUT2D eigenvalue weighted by Crippen LogP contribution is -2.25. The van der Waals surface area contributed by atoms with Crippen molar-refractivity contribution in [3.8, 4) is 16.9 Å². The number of rotatable bonds is 8. The van der Waals surface area contributed by atoms with Crippen LogP contribution in [0.4, 0.5) is 0 Å². The molecule has 1 amide bonds. The van der Waals surface area contributed by atoms with Gasteiger partial charge in [0.15, 0.2) is 5.69 Å². The molecule has 13 heteroatoms. The first kappa shape index (κ1) is 27.6. The molecule has 0 spiro atoms. The topological polar surface area (TPSA) is 144 Å². The van der Waals surface area contributed by atoms with Crippen molar-refractivity contribution < 1.29 is 23.1 Å². The predicted molar refractivity (Wildman–Crippen MR) is 144 cm³/mol. The van der Waals surface area contributed by atoms with Gasteiger partial charge in [0.1, 0.15) is 0 Å². The molecule has 196 valence electrons. The Hall–Kier alpha value is -3.41. The molecule has 4 aromatic rings. The SMILES string of the molecule is NS(=O)(=O)c1ccc(CNC(=O)c2nn(-c3ccc(Cl)cc3Cl)c(-c3ccc(Cl)cc3)c2CC(=O)O)cc1. The number of amides is 1. The maximum Gasteiger partial charge on any atom is 0.307 e. The van der Waals surface area contributed by atoms with E-state index in [0.29, 0.717) is 32.6 Å². The average molecular weight is 594 g/mol. The maximum atomic E-state index is 13.3. The van der Waals surface area contributed by atoms with Gasteiger partial charge in [-0.25, -0.2) is 18.2 Å². The monoisotopic (exact) mass is 592 g/mol. The molecule has 0 fully saturated rings. The summed E-state index contributed by atoms with van der Waals surface area (Å²) in [6.07, 6.45) is -0.505. The Labute approximate surface area is 232 Å². The van der Waals surface area contributed by atoms with Crippen LogP contribution in [0.15, 0.2) is 71.6 Å². The highest BCUT2D eigenvalue weighted by Gasteiger charge is 2.27. The molecule has 38 heavy (non-hydrogen) atoms. The van der Waals surface area contributed by atoms with Gasteiger partial charge in [-0.1, -0.05) is 59.1 Å². The van der Waals surface area contributed by atoms with Crippen molar-refractivity contribution in [2.45, 2.75) is 17.9 Å². The molecule has 0 aliphatic carbocycles. The largest absolute Gasteiger partial charge is 0.481 e. The maximum absolute atomic E-state index is 13.3. The smallest absolute Gasteiger partial charge is 0.307 e. The molecule has 4 N–H and O–H groups in total. The molecule has 0 radical (unpaired) electrons. The zero-order chi connectivity index (χ0) is 27.6. The van der Waals surface area contributed by atoms with Gasteiger partial charge in [-0.15, -0.1) is 0 Å². The molecule has 0 saturated heterocycles. The first-order valence-electron chi connectivity index (χ1n) is 10.9. The van der Waals surface area contributed by atoms with E-state index in [9.17, 15) is 23.1 Å². The van der Waals surface area contributed by atoms with Crippen LogP contribution in [0.1, 0.15) is 21.6 Å². The number of sulfonamides is 1. The molecule has 0 aliphatic rings. The van der Waals surface area contributed by atoms with E-state index in [-0.39, 0.29) is 27.7 Å². The normalized spacial score (nSPS) is 11.4. The summed E-state index contributed by atoms with van der Waals surface area (Å²) in [6.45, 7) is 0.0150. The van der Waals surface area contributed by atoms with Gasteiger partial charge < -0.3 is 10.4 Å². The Morgan fingerprint density at radius 1 is 0.947 bits per heavy atom. The highest BCUT2D eigenvalue weighted by atomic mass is 35.5. The molecule has 3 aromatic carbocycles. The van der Waals surface area contributed by atoms with E-state index in [1.54, 1.807) is 36.4 Å². The number of carbonyl (C=O) groups is 2. The van der Waals surface area contributed by atoms with E-state index < -0.39 is 28.3 Å². The fourth-order valence-corrected chi connectivity index (χ4v) is 4.88. The zero-order valence-electron chi connectivity index (χ0n) is 19.4. The molecule has 0 aliphatic heterocycles. The summed E-state index contributed by atoms with van der Waals surface area (Å²) in [5, 5.41) is 23.0. The molecule has 4 rings (SSSR count). The number of hydrogen-bond donors (Lipinski definition) is 3. The van der Waals surface area contributed by atoms with Crippen molar-refractivity contribution in [1.82, 2.24) is 15.1 Å². The molecule has 9 nitrogen and oxygen atoms in total. The number of primary sulfonamides is 1. The molecule has 0 atom stereocenters. The Balaban J connectivity index is 1.79. The van der Waals surface area contributed by atoms with Crippen LogP contribution in [0.25, 0.3) is 16.9 Å². The highest BCUT2D eigenvalue weighted by Crippen LogP contribution is 2.34.